The number of para-hydroxylation sites is 2. The van der Waals surface area contributed by atoms with Crippen LogP contribution in [0.25, 0.3) is 32.9 Å². The van der Waals surface area contributed by atoms with Crippen LogP contribution in [-0.4, -0.2) is 43.6 Å². The number of fused-ring (bicyclic) bond motifs is 2. The van der Waals surface area contributed by atoms with Crippen LogP contribution in [0.1, 0.15) is 43.1 Å². The lowest BCUT2D eigenvalue weighted by atomic mass is 9.99. The molecule has 0 aliphatic rings. The SMILES string of the molecule is CC(=CCc1cccc2c(C(=O)c3sc(C(=O)O)c(-c4c(C)[nH]c5ccccc45)c3O)c[nH]c12)CO. The van der Waals surface area contributed by atoms with Crippen LogP contribution in [0.4, 0.5) is 0 Å². The van der Waals surface area contributed by atoms with Crippen LogP contribution in [-0.2, 0) is 6.42 Å². The molecule has 5 rings (SSSR count). The van der Waals surface area contributed by atoms with Gasteiger partial charge in [-0.15, -0.1) is 11.3 Å². The van der Waals surface area contributed by atoms with Crippen molar-refractivity contribution in [2.75, 3.05) is 6.61 Å². The molecular weight excluding hydrogens is 476 g/mol. The number of aromatic hydroxyl groups is 1. The molecule has 0 unspecified atom stereocenters. The van der Waals surface area contributed by atoms with Crippen LogP contribution in [0.5, 0.6) is 5.75 Å². The van der Waals surface area contributed by atoms with E-state index < -0.39 is 11.8 Å². The average Bonchev–Trinajstić information content (AvgIpc) is 3.54. The molecule has 3 heterocycles. The number of allylic oxidation sites excluding steroid dienone is 1. The Bertz CT molecular complexity index is 1690. The van der Waals surface area contributed by atoms with Gasteiger partial charge in [-0.1, -0.05) is 48.0 Å². The Labute approximate surface area is 210 Å². The van der Waals surface area contributed by atoms with E-state index in [1.165, 1.54) is 0 Å². The average molecular weight is 501 g/mol. The number of nitrogens with one attached hydrogen (secondary N) is 2. The van der Waals surface area contributed by atoms with E-state index in [9.17, 15) is 24.9 Å². The fraction of sp³-hybridized carbons (Fsp3) is 0.143. The number of aromatic nitrogens is 2. The number of aliphatic hydroxyl groups is 1. The Kier molecular flexibility index (Phi) is 5.99. The molecule has 0 fully saturated rings. The van der Waals surface area contributed by atoms with Crippen molar-refractivity contribution in [2.45, 2.75) is 20.3 Å². The molecule has 36 heavy (non-hydrogen) atoms. The first-order valence-electron chi connectivity index (χ1n) is 11.4. The lowest BCUT2D eigenvalue weighted by Crippen LogP contribution is -1.98. The smallest absolute Gasteiger partial charge is 0.346 e. The maximum Gasteiger partial charge on any atom is 0.346 e. The lowest BCUT2D eigenvalue weighted by Gasteiger charge is -2.04. The second-order valence-electron chi connectivity index (χ2n) is 8.74. The summed E-state index contributed by atoms with van der Waals surface area (Å²) in [7, 11) is 0. The fourth-order valence-corrected chi connectivity index (χ4v) is 5.60. The number of carboxylic acid groups (broad SMARTS) is 1. The second-order valence-corrected chi connectivity index (χ2v) is 9.76. The first kappa shape index (κ1) is 23.6. The van der Waals surface area contributed by atoms with E-state index in [1.54, 1.807) is 6.20 Å². The number of carboxylic acids is 1. The molecule has 0 spiro atoms. The molecule has 0 bridgehead atoms. The highest BCUT2D eigenvalue weighted by Crippen LogP contribution is 2.47. The standard InChI is InChI=1S/C28H24N2O5S/c1-14(13-31)10-11-16-6-5-8-17-19(12-29-23(16)17)24(32)27-25(33)22(26(36-27)28(34)35)21-15(2)30-20-9-4-3-7-18(20)21/h3-10,12,29-31,33H,11,13H2,1-2H3,(H,34,35). The Balaban J connectivity index is 1.64. The molecule has 0 aliphatic carbocycles. The van der Waals surface area contributed by atoms with E-state index in [1.807, 2.05) is 62.4 Å². The summed E-state index contributed by atoms with van der Waals surface area (Å²) in [4.78, 5) is 32.1. The first-order chi connectivity index (χ1) is 17.3. The zero-order chi connectivity index (χ0) is 25.6. The minimum absolute atomic E-state index is 0.0191. The summed E-state index contributed by atoms with van der Waals surface area (Å²) in [5.74, 6) is -1.99. The first-order valence-corrected chi connectivity index (χ1v) is 12.2. The molecular formula is C28H24N2O5S. The van der Waals surface area contributed by atoms with E-state index in [-0.39, 0.29) is 27.7 Å². The molecule has 7 nitrogen and oxygen atoms in total. The molecule has 5 N–H and O–H groups in total. The predicted octanol–water partition coefficient (Wildman–Crippen LogP) is 5.80. The summed E-state index contributed by atoms with van der Waals surface area (Å²) in [6.07, 6.45) is 4.10. The van der Waals surface area contributed by atoms with Crippen molar-refractivity contribution in [3.63, 3.8) is 0 Å². The molecule has 0 atom stereocenters. The molecule has 0 radical (unpaired) electrons. The molecule has 8 heteroatoms. The van der Waals surface area contributed by atoms with Crippen LogP contribution in [0.15, 0.2) is 60.3 Å². The third kappa shape index (κ3) is 3.80. The number of carbonyl (C=O) groups is 2. The van der Waals surface area contributed by atoms with Gasteiger partial charge in [0.15, 0.2) is 0 Å². The number of H-pyrrole nitrogens is 2. The number of aliphatic hydroxyl groups excluding tert-OH is 1. The molecule has 2 aromatic carbocycles. The third-order valence-corrected chi connectivity index (χ3v) is 7.56. The number of benzene rings is 2. The number of carbonyl (C=O) groups excluding carboxylic acids is 1. The number of aromatic amines is 2. The van der Waals surface area contributed by atoms with Crippen LogP contribution < -0.4 is 0 Å². The number of ketones is 1. The van der Waals surface area contributed by atoms with E-state index >= 15 is 0 Å². The highest BCUT2D eigenvalue weighted by atomic mass is 32.1. The predicted molar refractivity (Wildman–Crippen MR) is 141 cm³/mol. The Morgan fingerprint density at radius 3 is 2.53 bits per heavy atom. The van der Waals surface area contributed by atoms with Gasteiger partial charge in [0, 0.05) is 44.8 Å². The number of aryl methyl sites for hydroxylation is 1. The highest BCUT2D eigenvalue weighted by Gasteiger charge is 2.31. The van der Waals surface area contributed by atoms with Crippen molar-refractivity contribution in [3.8, 4) is 16.9 Å². The molecule has 0 saturated heterocycles. The summed E-state index contributed by atoms with van der Waals surface area (Å²) >= 11 is 0.782. The van der Waals surface area contributed by atoms with Gasteiger partial charge in [-0.25, -0.2) is 4.79 Å². The molecule has 0 saturated carbocycles. The molecule has 5 aromatic rings. The van der Waals surface area contributed by atoms with Crippen molar-refractivity contribution >= 4 is 44.9 Å². The summed E-state index contributed by atoms with van der Waals surface area (Å²) < 4.78 is 0. The Hall–Kier alpha value is -4.14. The van der Waals surface area contributed by atoms with E-state index in [2.05, 4.69) is 9.97 Å². The lowest BCUT2D eigenvalue weighted by molar-refractivity contribution is 0.0702. The maximum absolute atomic E-state index is 13.7. The summed E-state index contributed by atoms with van der Waals surface area (Å²) in [6.45, 7) is 3.64. The topological polar surface area (TPSA) is 126 Å². The fourth-order valence-electron chi connectivity index (χ4n) is 4.60. The van der Waals surface area contributed by atoms with Crippen molar-refractivity contribution in [3.05, 3.63) is 86.9 Å². The maximum atomic E-state index is 13.7. The number of aromatic carboxylic acids is 1. The number of rotatable bonds is 7. The van der Waals surface area contributed by atoms with Gasteiger partial charge in [0.05, 0.1) is 12.2 Å². The van der Waals surface area contributed by atoms with Gasteiger partial charge >= 0.3 is 5.97 Å². The van der Waals surface area contributed by atoms with Gasteiger partial charge in [-0.3, -0.25) is 4.79 Å². The van der Waals surface area contributed by atoms with Gasteiger partial charge in [0.1, 0.15) is 15.5 Å². The van der Waals surface area contributed by atoms with Crippen molar-refractivity contribution in [1.29, 1.82) is 0 Å². The number of thiophene rings is 1. The monoisotopic (exact) mass is 500 g/mol. The normalized spacial score (nSPS) is 12.0. The summed E-state index contributed by atoms with van der Waals surface area (Å²) in [6, 6.07) is 13.1. The van der Waals surface area contributed by atoms with Gasteiger partial charge in [0.2, 0.25) is 5.78 Å². The minimum atomic E-state index is -1.21. The quantitative estimate of drug-likeness (QED) is 0.143. The van der Waals surface area contributed by atoms with Crippen LogP contribution in [0, 0.1) is 6.92 Å². The largest absolute Gasteiger partial charge is 0.506 e. The number of hydrogen-bond donors (Lipinski definition) is 5. The van der Waals surface area contributed by atoms with Crippen LogP contribution in [0.3, 0.4) is 0 Å². The van der Waals surface area contributed by atoms with Gasteiger partial charge in [-0.05, 0) is 31.9 Å². The highest BCUT2D eigenvalue weighted by molar-refractivity contribution is 7.17. The van der Waals surface area contributed by atoms with Crippen molar-refractivity contribution in [1.82, 2.24) is 9.97 Å². The van der Waals surface area contributed by atoms with Crippen molar-refractivity contribution in [2.24, 2.45) is 0 Å². The van der Waals surface area contributed by atoms with E-state index in [4.69, 9.17) is 0 Å². The molecule has 0 aliphatic heterocycles. The summed E-state index contributed by atoms with van der Waals surface area (Å²) in [5.41, 5.74) is 5.17. The van der Waals surface area contributed by atoms with Crippen molar-refractivity contribution < 1.29 is 24.9 Å². The van der Waals surface area contributed by atoms with E-state index in [0.717, 1.165) is 38.9 Å². The zero-order valence-corrected chi connectivity index (χ0v) is 20.5. The van der Waals surface area contributed by atoms with Crippen LogP contribution >= 0.6 is 11.3 Å². The Morgan fingerprint density at radius 1 is 1.03 bits per heavy atom. The second kappa shape index (κ2) is 9.14. The minimum Gasteiger partial charge on any atom is -0.506 e. The summed E-state index contributed by atoms with van der Waals surface area (Å²) in [5, 5.41) is 31.9. The van der Waals surface area contributed by atoms with Gasteiger partial charge in [-0.2, -0.15) is 0 Å². The zero-order valence-electron chi connectivity index (χ0n) is 19.7. The molecule has 0 amide bonds. The number of hydrogen-bond acceptors (Lipinski definition) is 5. The molecule has 182 valence electrons. The van der Waals surface area contributed by atoms with Gasteiger partial charge in [0.25, 0.3) is 0 Å². The molecule has 3 aromatic heterocycles. The third-order valence-electron chi connectivity index (χ3n) is 6.39. The Morgan fingerprint density at radius 2 is 1.78 bits per heavy atom. The van der Waals surface area contributed by atoms with E-state index in [0.29, 0.717) is 28.6 Å². The van der Waals surface area contributed by atoms with Crippen LogP contribution in [0.2, 0.25) is 0 Å². The van der Waals surface area contributed by atoms with Gasteiger partial charge < -0.3 is 25.3 Å².